The molecule has 0 saturated heterocycles. The average molecular weight is 298 g/mol. The Hall–Kier alpha value is -2.47. The van der Waals surface area contributed by atoms with Gasteiger partial charge in [-0.05, 0) is 36.1 Å². The van der Waals surface area contributed by atoms with Crippen LogP contribution in [0.15, 0.2) is 48.1 Å². The molecule has 0 radical (unpaired) electrons. The number of carbonyl (C=O) groups excluding carboxylic acids is 1. The third-order valence-corrected chi connectivity index (χ3v) is 3.97. The van der Waals surface area contributed by atoms with E-state index in [1.165, 1.54) is 4.88 Å². The molecule has 3 rings (SSSR count). The Kier molecular flexibility index (Phi) is 4.07. The van der Waals surface area contributed by atoms with Crippen LogP contribution in [0.4, 0.5) is 0 Å². The second kappa shape index (κ2) is 6.32. The Morgan fingerprint density at radius 1 is 1.29 bits per heavy atom. The third kappa shape index (κ3) is 3.35. The van der Waals surface area contributed by atoms with Crippen LogP contribution in [0.5, 0.6) is 0 Å². The second-order valence-corrected chi connectivity index (χ2v) is 5.52. The molecule has 0 spiro atoms. The van der Waals surface area contributed by atoms with E-state index in [9.17, 15) is 4.79 Å². The molecule has 2 N–H and O–H groups in total. The van der Waals surface area contributed by atoms with E-state index >= 15 is 0 Å². The number of aromatic amines is 1. The van der Waals surface area contributed by atoms with Crippen LogP contribution in [-0.2, 0) is 6.42 Å². The number of carbonyl (C=O) groups is 1. The predicted octanol–water partition coefficient (Wildman–Crippen LogP) is 2.51. The second-order valence-electron chi connectivity index (χ2n) is 4.49. The monoisotopic (exact) mass is 298 g/mol. The van der Waals surface area contributed by atoms with Gasteiger partial charge in [-0.15, -0.1) is 11.3 Å². The van der Waals surface area contributed by atoms with Gasteiger partial charge in [0.05, 0.1) is 5.69 Å². The minimum absolute atomic E-state index is 0.139. The van der Waals surface area contributed by atoms with Crippen molar-refractivity contribution < 1.29 is 4.79 Å². The Balaban J connectivity index is 1.59. The summed E-state index contributed by atoms with van der Waals surface area (Å²) < 4.78 is 0. The Bertz CT molecular complexity index is 706. The van der Waals surface area contributed by atoms with Crippen molar-refractivity contribution in [2.24, 2.45) is 0 Å². The van der Waals surface area contributed by atoms with Crippen molar-refractivity contribution in [2.75, 3.05) is 6.54 Å². The Labute approximate surface area is 126 Å². The summed E-state index contributed by atoms with van der Waals surface area (Å²) in [5, 5.41) is 11.8. The van der Waals surface area contributed by atoms with E-state index in [4.69, 9.17) is 0 Å². The Morgan fingerprint density at radius 3 is 2.90 bits per heavy atom. The van der Waals surface area contributed by atoms with Crippen LogP contribution in [0, 0.1) is 0 Å². The summed E-state index contributed by atoms with van der Waals surface area (Å²) in [4.78, 5) is 17.2. The maximum absolute atomic E-state index is 12.0. The third-order valence-electron chi connectivity index (χ3n) is 3.04. The summed E-state index contributed by atoms with van der Waals surface area (Å²) >= 11 is 1.69. The molecule has 0 bridgehead atoms. The van der Waals surface area contributed by atoms with Crippen molar-refractivity contribution in [2.45, 2.75) is 6.42 Å². The van der Waals surface area contributed by atoms with Crippen LogP contribution in [0.2, 0.25) is 0 Å². The fourth-order valence-corrected chi connectivity index (χ4v) is 2.67. The van der Waals surface area contributed by atoms with Gasteiger partial charge in [0.1, 0.15) is 5.69 Å². The fourth-order valence-electron chi connectivity index (χ4n) is 1.96. The number of aromatic nitrogens is 3. The lowest BCUT2D eigenvalue weighted by Crippen LogP contribution is -2.25. The summed E-state index contributed by atoms with van der Waals surface area (Å²) in [6, 6.07) is 9.53. The number of nitrogens with one attached hydrogen (secondary N) is 2. The zero-order valence-electron chi connectivity index (χ0n) is 11.2. The van der Waals surface area contributed by atoms with E-state index in [0.717, 1.165) is 17.7 Å². The summed E-state index contributed by atoms with van der Waals surface area (Å²) in [6.07, 6.45) is 4.24. The topological polar surface area (TPSA) is 70.7 Å². The highest BCUT2D eigenvalue weighted by Gasteiger charge is 2.10. The van der Waals surface area contributed by atoms with Gasteiger partial charge in [-0.2, -0.15) is 5.10 Å². The Morgan fingerprint density at radius 2 is 2.14 bits per heavy atom. The summed E-state index contributed by atoms with van der Waals surface area (Å²) in [5.41, 5.74) is 2.13. The van der Waals surface area contributed by atoms with E-state index in [1.807, 2.05) is 23.6 Å². The highest BCUT2D eigenvalue weighted by atomic mass is 32.1. The van der Waals surface area contributed by atoms with Crippen molar-refractivity contribution in [3.8, 4) is 11.3 Å². The largest absolute Gasteiger partial charge is 0.350 e. The highest BCUT2D eigenvalue weighted by molar-refractivity contribution is 7.09. The first kappa shape index (κ1) is 13.5. The average Bonchev–Trinajstić information content (AvgIpc) is 3.20. The molecule has 3 aromatic heterocycles. The van der Waals surface area contributed by atoms with E-state index in [1.54, 1.807) is 29.8 Å². The van der Waals surface area contributed by atoms with Gasteiger partial charge in [0.2, 0.25) is 0 Å². The van der Waals surface area contributed by atoms with Crippen LogP contribution in [0.3, 0.4) is 0 Å². The van der Waals surface area contributed by atoms with Gasteiger partial charge in [-0.1, -0.05) is 6.07 Å². The standard InChI is InChI=1S/C15H14N4OS/c20-15(17-8-5-12-2-1-9-21-12)14-10-13(18-19-14)11-3-6-16-7-4-11/h1-4,6-7,9-10H,5,8H2,(H,17,20)(H,18,19). The molecular weight excluding hydrogens is 284 g/mol. The fraction of sp³-hybridized carbons (Fsp3) is 0.133. The van der Waals surface area contributed by atoms with Crippen LogP contribution >= 0.6 is 11.3 Å². The first-order valence-electron chi connectivity index (χ1n) is 6.59. The number of nitrogens with zero attached hydrogens (tertiary/aromatic N) is 2. The summed E-state index contributed by atoms with van der Waals surface area (Å²) in [5.74, 6) is -0.139. The zero-order chi connectivity index (χ0) is 14.5. The van der Waals surface area contributed by atoms with E-state index in [0.29, 0.717) is 12.2 Å². The van der Waals surface area contributed by atoms with Crippen molar-refractivity contribution in [3.05, 3.63) is 58.7 Å². The smallest absolute Gasteiger partial charge is 0.269 e. The van der Waals surface area contributed by atoms with Crippen molar-refractivity contribution in [1.29, 1.82) is 0 Å². The summed E-state index contributed by atoms with van der Waals surface area (Å²) in [7, 11) is 0. The number of rotatable bonds is 5. The van der Waals surface area contributed by atoms with Gasteiger partial charge in [0.25, 0.3) is 5.91 Å². The van der Waals surface area contributed by atoms with Gasteiger partial charge in [-0.25, -0.2) is 0 Å². The molecule has 0 fully saturated rings. The molecule has 0 aromatic carbocycles. The first-order valence-corrected chi connectivity index (χ1v) is 7.47. The number of amides is 1. The maximum atomic E-state index is 12.0. The van der Waals surface area contributed by atoms with Crippen molar-refractivity contribution >= 4 is 17.2 Å². The van der Waals surface area contributed by atoms with Crippen LogP contribution in [-0.4, -0.2) is 27.6 Å². The molecule has 3 aromatic rings. The normalized spacial score (nSPS) is 10.5. The van der Waals surface area contributed by atoms with Gasteiger partial charge < -0.3 is 5.32 Å². The molecule has 1 amide bonds. The predicted molar refractivity (Wildman–Crippen MR) is 82.2 cm³/mol. The molecule has 0 saturated carbocycles. The van der Waals surface area contributed by atoms with Crippen LogP contribution in [0.1, 0.15) is 15.4 Å². The number of hydrogen-bond donors (Lipinski definition) is 2. The molecule has 106 valence electrons. The SMILES string of the molecule is O=C(NCCc1cccs1)c1cc(-c2ccncc2)n[nH]1. The quantitative estimate of drug-likeness (QED) is 0.760. The van der Waals surface area contributed by atoms with Crippen LogP contribution in [0.25, 0.3) is 11.3 Å². The number of H-pyrrole nitrogens is 1. The van der Waals surface area contributed by atoms with Crippen molar-refractivity contribution in [1.82, 2.24) is 20.5 Å². The molecule has 6 heteroatoms. The maximum Gasteiger partial charge on any atom is 0.269 e. The first-order chi connectivity index (χ1) is 10.3. The van der Waals surface area contributed by atoms with Gasteiger partial charge in [0.15, 0.2) is 0 Å². The molecule has 0 aliphatic carbocycles. The lowest BCUT2D eigenvalue weighted by molar-refractivity contribution is 0.0949. The van der Waals surface area contributed by atoms with Gasteiger partial charge in [0, 0.05) is 29.4 Å². The molecule has 0 unspecified atom stereocenters. The number of hydrogen-bond acceptors (Lipinski definition) is 4. The van der Waals surface area contributed by atoms with Gasteiger partial charge >= 0.3 is 0 Å². The lowest BCUT2D eigenvalue weighted by atomic mass is 10.2. The molecule has 0 aliphatic rings. The zero-order valence-corrected chi connectivity index (χ0v) is 12.1. The van der Waals surface area contributed by atoms with Crippen molar-refractivity contribution in [3.63, 3.8) is 0 Å². The van der Waals surface area contributed by atoms with E-state index in [-0.39, 0.29) is 5.91 Å². The van der Waals surface area contributed by atoms with Gasteiger partial charge in [-0.3, -0.25) is 14.9 Å². The highest BCUT2D eigenvalue weighted by Crippen LogP contribution is 2.16. The molecule has 5 nitrogen and oxygen atoms in total. The minimum Gasteiger partial charge on any atom is -0.350 e. The molecular formula is C15H14N4OS. The van der Waals surface area contributed by atoms with Crippen LogP contribution < -0.4 is 5.32 Å². The summed E-state index contributed by atoms with van der Waals surface area (Å²) in [6.45, 7) is 0.614. The molecule has 21 heavy (non-hydrogen) atoms. The number of pyridine rings is 1. The minimum atomic E-state index is -0.139. The van der Waals surface area contributed by atoms with E-state index in [2.05, 4.69) is 26.6 Å². The molecule has 0 atom stereocenters. The van der Waals surface area contributed by atoms with E-state index < -0.39 is 0 Å². The molecule has 3 heterocycles. The number of thiophene rings is 1. The lowest BCUT2D eigenvalue weighted by Gasteiger charge is -2.01. The molecule has 0 aliphatic heterocycles.